The lowest BCUT2D eigenvalue weighted by Crippen LogP contribution is -2.32. The van der Waals surface area contributed by atoms with Gasteiger partial charge in [0.2, 0.25) is 10.0 Å². The van der Waals surface area contributed by atoms with Crippen LogP contribution in [0.4, 0.5) is 0 Å². The third-order valence-corrected chi connectivity index (χ3v) is 4.37. The normalized spacial score (nSPS) is 12.2. The molecule has 0 aliphatic rings. The highest BCUT2D eigenvalue weighted by atomic mass is 32.2. The molecule has 1 heterocycles. The first-order chi connectivity index (χ1) is 8.99. The molecule has 1 aromatic heterocycles. The van der Waals surface area contributed by atoms with Crippen molar-refractivity contribution in [3.8, 4) is 0 Å². The van der Waals surface area contributed by atoms with Crippen LogP contribution in [0.25, 0.3) is 0 Å². The minimum absolute atomic E-state index is 0.529. The zero-order chi connectivity index (χ0) is 14.3. The van der Waals surface area contributed by atoms with Crippen LogP contribution < -0.4 is 5.32 Å². The largest absolute Gasteiger partial charge is 0.311 e. The maximum Gasteiger partial charge on any atom is 0.211 e. The third kappa shape index (κ3) is 5.30. The summed E-state index contributed by atoms with van der Waals surface area (Å²) in [5, 5.41) is 7.51. The lowest BCUT2D eigenvalue weighted by molar-refractivity contribution is 0.418. The van der Waals surface area contributed by atoms with Crippen molar-refractivity contribution in [2.24, 2.45) is 0 Å². The summed E-state index contributed by atoms with van der Waals surface area (Å²) in [6.45, 7) is 7.42. The van der Waals surface area contributed by atoms with E-state index in [1.165, 1.54) is 10.6 Å². The van der Waals surface area contributed by atoms with Crippen molar-refractivity contribution in [1.29, 1.82) is 0 Å². The first kappa shape index (κ1) is 16.1. The Balaban J connectivity index is 2.25. The predicted octanol–water partition coefficient (Wildman–Crippen LogP) is 0.664. The predicted molar refractivity (Wildman–Crippen MR) is 76.3 cm³/mol. The van der Waals surface area contributed by atoms with Gasteiger partial charge in [-0.05, 0) is 26.0 Å². The van der Waals surface area contributed by atoms with Gasteiger partial charge in [0.15, 0.2) is 0 Å². The molecule has 1 N–H and O–H groups in total. The molecule has 0 fully saturated rings. The lowest BCUT2D eigenvalue weighted by Gasteiger charge is -2.17. The molecule has 0 unspecified atom stereocenters. The minimum atomic E-state index is -3.06. The molecule has 0 saturated heterocycles. The molecule has 1 rings (SSSR count). The third-order valence-electron chi connectivity index (χ3n) is 2.99. The molecule has 1 aromatic rings. The van der Waals surface area contributed by atoms with E-state index in [9.17, 15) is 8.42 Å². The Morgan fingerprint density at radius 1 is 1.42 bits per heavy atom. The van der Waals surface area contributed by atoms with Gasteiger partial charge in [-0.2, -0.15) is 5.10 Å². The van der Waals surface area contributed by atoms with Gasteiger partial charge in [0.25, 0.3) is 0 Å². The summed E-state index contributed by atoms with van der Waals surface area (Å²) in [6, 6.07) is 1.99. The van der Waals surface area contributed by atoms with E-state index in [4.69, 9.17) is 0 Å². The number of rotatable bonds is 9. The van der Waals surface area contributed by atoms with Gasteiger partial charge in [0.1, 0.15) is 0 Å². The van der Waals surface area contributed by atoms with Gasteiger partial charge < -0.3 is 5.32 Å². The summed E-state index contributed by atoms with van der Waals surface area (Å²) in [7, 11) is -3.06. The number of nitrogens with zero attached hydrogens (tertiary/aromatic N) is 3. The Morgan fingerprint density at radius 3 is 2.74 bits per heavy atom. The van der Waals surface area contributed by atoms with Crippen molar-refractivity contribution in [2.45, 2.75) is 33.4 Å². The van der Waals surface area contributed by atoms with Crippen LogP contribution in [0.2, 0.25) is 0 Å². The molecule has 110 valence electrons. The van der Waals surface area contributed by atoms with E-state index >= 15 is 0 Å². The minimum Gasteiger partial charge on any atom is -0.311 e. The maximum absolute atomic E-state index is 11.4. The second kappa shape index (κ2) is 7.62. The highest BCUT2D eigenvalue weighted by Crippen LogP contribution is 2.00. The molecule has 0 spiro atoms. The van der Waals surface area contributed by atoms with Gasteiger partial charge in [0, 0.05) is 32.4 Å². The number of aromatic nitrogens is 2. The average molecular weight is 288 g/mol. The number of hydrogen-bond donors (Lipinski definition) is 1. The highest BCUT2D eigenvalue weighted by molar-refractivity contribution is 7.88. The molecule has 0 aliphatic heterocycles. The number of aryl methyl sites for hydroxylation is 1. The summed E-state index contributed by atoms with van der Waals surface area (Å²) >= 11 is 0. The van der Waals surface area contributed by atoms with E-state index in [0.29, 0.717) is 13.1 Å². The second-order valence-electron chi connectivity index (χ2n) is 4.42. The summed E-state index contributed by atoms with van der Waals surface area (Å²) < 4.78 is 26.2. The molecular formula is C12H24N4O2S. The first-order valence-electron chi connectivity index (χ1n) is 6.65. The van der Waals surface area contributed by atoms with Gasteiger partial charge >= 0.3 is 0 Å². The van der Waals surface area contributed by atoms with Crippen LogP contribution in [0.1, 0.15) is 26.0 Å². The standard InChI is InChI=1S/C12H24N4O2S/c1-4-15(19(3,17)18)10-6-8-13-11-12-7-9-14-16(12)5-2/h7,9,13H,4-6,8,10-11H2,1-3H3. The average Bonchev–Trinajstić information content (AvgIpc) is 2.79. The molecule has 19 heavy (non-hydrogen) atoms. The van der Waals surface area contributed by atoms with Gasteiger partial charge in [-0.3, -0.25) is 4.68 Å². The fourth-order valence-electron chi connectivity index (χ4n) is 1.95. The molecule has 0 radical (unpaired) electrons. The van der Waals surface area contributed by atoms with Crippen LogP contribution in [0.15, 0.2) is 12.3 Å². The number of hydrogen-bond acceptors (Lipinski definition) is 4. The summed E-state index contributed by atoms with van der Waals surface area (Å²) in [5.74, 6) is 0. The topological polar surface area (TPSA) is 67.2 Å². The fourth-order valence-corrected chi connectivity index (χ4v) is 2.88. The smallest absolute Gasteiger partial charge is 0.211 e. The number of nitrogens with one attached hydrogen (secondary N) is 1. The van der Waals surface area contributed by atoms with Crippen molar-refractivity contribution >= 4 is 10.0 Å². The molecule has 0 bridgehead atoms. The Hall–Kier alpha value is -0.920. The zero-order valence-corrected chi connectivity index (χ0v) is 12.8. The molecule has 0 aliphatic carbocycles. The SMILES string of the molecule is CCN(CCCNCc1ccnn1CC)S(C)(=O)=O. The van der Waals surface area contributed by atoms with E-state index in [1.807, 2.05) is 17.7 Å². The van der Waals surface area contributed by atoms with Crippen molar-refractivity contribution < 1.29 is 8.42 Å². The maximum atomic E-state index is 11.4. The van der Waals surface area contributed by atoms with E-state index in [-0.39, 0.29) is 0 Å². The molecule has 0 saturated carbocycles. The van der Waals surface area contributed by atoms with Crippen molar-refractivity contribution in [1.82, 2.24) is 19.4 Å². The summed E-state index contributed by atoms with van der Waals surface area (Å²) in [5.41, 5.74) is 1.15. The summed E-state index contributed by atoms with van der Waals surface area (Å²) in [6.07, 6.45) is 3.86. The van der Waals surface area contributed by atoms with Gasteiger partial charge in [0.05, 0.1) is 11.9 Å². The van der Waals surface area contributed by atoms with Crippen molar-refractivity contribution in [2.75, 3.05) is 25.9 Å². The van der Waals surface area contributed by atoms with Crippen LogP contribution in [-0.2, 0) is 23.1 Å². The van der Waals surface area contributed by atoms with Crippen LogP contribution in [-0.4, -0.2) is 48.4 Å². The molecule has 0 atom stereocenters. The van der Waals surface area contributed by atoms with Gasteiger partial charge in [-0.25, -0.2) is 12.7 Å². The fraction of sp³-hybridized carbons (Fsp3) is 0.750. The van der Waals surface area contributed by atoms with Crippen LogP contribution in [0.5, 0.6) is 0 Å². The quantitative estimate of drug-likeness (QED) is 0.678. The zero-order valence-electron chi connectivity index (χ0n) is 12.0. The lowest BCUT2D eigenvalue weighted by atomic mass is 10.3. The van der Waals surface area contributed by atoms with E-state index in [1.54, 1.807) is 6.20 Å². The molecule has 0 aromatic carbocycles. The molecular weight excluding hydrogens is 264 g/mol. The molecule has 7 heteroatoms. The highest BCUT2D eigenvalue weighted by Gasteiger charge is 2.12. The van der Waals surface area contributed by atoms with Gasteiger partial charge in [-0.15, -0.1) is 0 Å². The summed E-state index contributed by atoms with van der Waals surface area (Å²) in [4.78, 5) is 0. The molecule has 6 nitrogen and oxygen atoms in total. The van der Waals surface area contributed by atoms with E-state index in [0.717, 1.165) is 31.7 Å². The Bertz CT molecular complexity index is 470. The number of sulfonamides is 1. The monoisotopic (exact) mass is 288 g/mol. The van der Waals surface area contributed by atoms with Crippen molar-refractivity contribution in [3.63, 3.8) is 0 Å². The molecule has 0 amide bonds. The van der Waals surface area contributed by atoms with Gasteiger partial charge in [-0.1, -0.05) is 6.92 Å². The second-order valence-corrected chi connectivity index (χ2v) is 6.41. The van der Waals surface area contributed by atoms with Crippen LogP contribution in [0, 0.1) is 0 Å². The first-order valence-corrected chi connectivity index (χ1v) is 8.50. The Labute approximate surface area is 115 Å². The van der Waals surface area contributed by atoms with E-state index in [2.05, 4.69) is 17.3 Å². The Kier molecular flexibility index (Phi) is 6.47. The van der Waals surface area contributed by atoms with Crippen LogP contribution >= 0.6 is 0 Å². The Morgan fingerprint density at radius 2 is 2.16 bits per heavy atom. The van der Waals surface area contributed by atoms with E-state index < -0.39 is 10.0 Å². The van der Waals surface area contributed by atoms with Crippen molar-refractivity contribution in [3.05, 3.63) is 18.0 Å². The van der Waals surface area contributed by atoms with Crippen LogP contribution in [0.3, 0.4) is 0 Å².